The summed E-state index contributed by atoms with van der Waals surface area (Å²) in [5.74, 6) is -0.388. The van der Waals surface area contributed by atoms with E-state index in [1.807, 2.05) is 36.4 Å². The number of carbonyl (C=O) groups is 2. The average Bonchev–Trinajstić information content (AvgIpc) is 2.76. The van der Waals surface area contributed by atoms with Crippen molar-refractivity contribution in [2.75, 3.05) is 10.6 Å². The molecule has 0 unspecified atom stereocenters. The number of hydrogen-bond acceptors (Lipinski definition) is 4. The van der Waals surface area contributed by atoms with Gasteiger partial charge in [0.15, 0.2) is 0 Å². The third-order valence-electron chi connectivity index (χ3n) is 4.44. The van der Waals surface area contributed by atoms with E-state index in [9.17, 15) is 9.59 Å². The van der Waals surface area contributed by atoms with Gasteiger partial charge in [0.2, 0.25) is 11.8 Å². The smallest absolute Gasteiger partial charge is 0.247 e. The number of carbonyl (C=O) groups excluding carboxylic acids is 2. The number of nitriles is 1. The summed E-state index contributed by atoms with van der Waals surface area (Å²) in [6.45, 7) is 1.84. The standard InChI is InChI=1S/C24H22N4O2/c1-17(29)27-22-9-5-8-20(14-22)23(28-21-12-10-18(15-25)11-13-21)24(30)26-16-19-6-3-2-4-7-19/h2-14,23,28H,16H2,1H3,(H,26,30)(H,27,29)/t23-/m0/s1. The minimum atomic E-state index is -0.685. The maximum Gasteiger partial charge on any atom is 0.247 e. The molecule has 0 spiro atoms. The van der Waals surface area contributed by atoms with Gasteiger partial charge in [-0.1, -0.05) is 42.5 Å². The lowest BCUT2D eigenvalue weighted by molar-refractivity contribution is -0.122. The maximum absolute atomic E-state index is 13.1. The number of amides is 2. The highest BCUT2D eigenvalue weighted by molar-refractivity contribution is 5.90. The summed E-state index contributed by atoms with van der Waals surface area (Å²) in [5.41, 5.74) is 3.56. The van der Waals surface area contributed by atoms with Crippen LogP contribution < -0.4 is 16.0 Å². The number of nitrogens with zero attached hydrogens (tertiary/aromatic N) is 1. The van der Waals surface area contributed by atoms with Crippen LogP contribution in [0.1, 0.15) is 29.7 Å². The Kier molecular flexibility index (Phi) is 6.80. The number of nitrogens with one attached hydrogen (secondary N) is 3. The summed E-state index contributed by atoms with van der Waals surface area (Å²) < 4.78 is 0. The van der Waals surface area contributed by atoms with Crippen LogP contribution in [-0.4, -0.2) is 11.8 Å². The van der Waals surface area contributed by atoms with Gasteiger partial charge in [0.25, 0.3) is 0 Å². The molecule has 3 aromatic rings. The highest BCUT2D eigenvalue weighted by Gasteiger charge is 2.21. The Labute approximate surface area is 175 Å². The van der Waals surface area contributed by atoms with Crippen molar-refractivity contribution in [1.82, 2.24) is 5.32 Å². The Hall–Kier alpha value is -4.11. The van der Waals surface area contributed by atoms with E-state index in [0.29, 0.717) is 29.0 Å². The zero-order valence-corrected chi connectivity index (χ0v) is 16.6. The van der Waals surface area contributed by atoms with E-state index in [1.165, 1.54) is 6.92 Å². The molecular weight excluding hydrogens is 376 g/mol. The van der Waals surface area contributed by atoms with Crippen LogP contribution in [0.15, 0.2) is 78.9 Å². The van der Waals surface area contributed by atoms with Crippen molar-refractivity contribution in [1.29, 1.82) is 5.26 Å². The molecule has 0 radical (unpaired) electrons. The second-order valence-electron chi connectivity index (χ2n) is 6.78. The fraction of sp³-hybridized carbons (Fsp3) is 0.125. The van der Waals surface area contributed by atoms with Gasteiger partial charge >= 0.3 is 0 Å². The van der Waals surface area contributed by atoms with Crippen molar-refractivity contribution in [2.45, 2.75) is 19.5 Å². The first-order valence-electron chi connectivity index (χ1n) is 9.51. The first-order valence-corrected chi connectivity index (χ1v) is 9.51. The van der Waals surface area contributed by atoms with Crippen molar-refractivity contribution < 1.29 is 9.59 Å². The van der Waals surface area contributed by atoms with E-state index < -0.39 is 6.04 Å². The monoisotopic (exact) mass is 398 g/mol. The zero-order chi connectivity index (χ0) is 21.3. The third kappa shape index (κ3) is 5.69. The summed E-state index contributed by atoms with van der Waals surface area (Å²) in [6.07, 6.45) is 0. The van der Waals surface area contributed by atoms with Gasteiger partial charge in [-0.2, -0.15) is 5.26 Å². The Balaban J connectivity index is 1.84. The Bertz CT molecular complexity index is 1060. The van der Waals surface area contributed by atoms with E-state index in [0.717, 1.165) is 5.56 Å². The number of hydrogen-bond donors (Lipinski definition) is 3. The largest absolute Gasteiger partial charge is 0.370 e. The molecule has 0 aromatic heterocycles. The zero-order valence-electron chi connectivity index (χ0n) is 16.6. The summed E-state index contributed by atoms with van der Waals surface area (Å²) in [7, 11) is 0. The van der Waals surface area contributed by atoms with Crippen LogP contribution in [0.4, 0.5) is 11.4 Å². The van der Waals surface area contributed by atoms with Gasteiger partial charge in [0, 0.05) is 24.8 Å². The summed E-state index contributed by atoms with van der Waals surface area (Å²) in [6, 6.07) is 25.1. The summed E-state index contributed by atoms with van der Waals surface area (Å²) >= 11 is 0. The minimum Gasteiger partial charge on any atom is -0.370 e. The van der Waals surface area contributed by atoms with E-state index >= 15 is 0 Å². The highest BCUT2D eigenvalue weighted by Crippen LogP contribution is 2.23. The molecule has 0 saturated carbocycles. The van der Waals surface area contributed by atoms with Gasteiger partial charge in [-0.15, -0.1) is 0 Å². The van der Waals surface area contributed by atoms with Gasteiger partial charge in [-0.25, -0.2) is 0 Å². The van der Waals surface area contributed by atoms with Gasteiger partial charge in [-0.3, -0.25) is 9.59 Å². The summed E-state index contributed by atoms with van der Waals surface area (Å²) in [5, 5.41) is 17.9. The number of rotatable bonds is 7. The fourth-order valence-electron chi connectivity index (χ4n) is 2.99. The first kappa shape index (κ1) is 20.6. The SMILES string of the molecule is CC(=O)Nc1cccc([C@H](Nc2ccc(C#N)cc2)C(=O)NCc2ccccc2)c1. The molecular formula is C24H22N4O2. The van der Waals surface area contributed by atoms with E-state index in [2.05, 4.69) is 22.0 Å². The van der Waals surface area contributed by atoms with Crippen LogP contribution in [0.3, 0.4) is 0 Å². The van der Waals surface area contributed by atoms with Crippen molar-refractivity contribution in [3.05, 3.63) is 95.6 Å². The van der Waals surface area contributed by atoms with Crippen LogP contribution in [-0.2, 0) is 16.1 Å². The maximum atomic E-state index is 13.1. The molecule has 0 heterocycles. The quantitative estimate of drug-likeness (QED) is 0.561. The minimum absolute atomic E-state index is 0.183. The molecule has 0 bridgehead atoms. The molecule has 3 rings (SSSR count). The molecule has 30 heavy (non-hydrogen) atoms. The number of anilines is 2. The molecule has 1 atom stereocenters. The Morgan fingerprint density at radius 2 is 1.67 bits per heavy atom. The van der Waals surface area contributed by atoms with Gasteiger partial charge < -0.3 is 16.0 Å². The number of benzene rings is 3. The van der Waals surface area contributed by atoms with Crippen LogP contribution in [0, 0.1) is 11.3 Å². The molecule has 0 aliphatic heterocycles. The highest BCUT2D eigenvalue weighted by atomic mass is 16.2. The van der Waals surface area contributed by atoms with Crippen molar-refractivity contribution >= 4 is 23.2 Å². The van der Waals surface area contributed by atoms with Crippen LogP contribution in [0.5, 0.6) is 0 Å². The second-order valence-corrected chi connectivity index (χ2v) is 6.78. The molecule has 0 aliphatic rings. The topological polar surface area (TPSA) is 94.0 Å². The van der Waals surface area contributed by atoms with Gasteiger partial charge in [0.1, 0.15) is 6.04 Å². The van der Waals surface area contributed by atoms with Crippen LogP contribution >= 0.6 is 0 Å². The average molecular weight is 398 g/mol. The predicted octanol–water partition coefficient (Wildman–Crippen LogP) is 3.99. The lowest BCUT2D eigenvalue weighted by Gasteiger charge is -2.21. The fourth-order valence-corrected chi connectivity index (χ4v) is 2.99. The van der Waals surface area contributed by atoms with Crippen molar-refractivity contribution in [3.63, 3.8) is 0 Å². The predicted molar refractivity (Wildman–Crippen MR) is 117 cm³/mol. The van der Waals surface area contributed by atoms with Crippen LogP contribution in [0.25, 0.3) is 0 Å². The molecule has 3 aromatic carbocycles. The van der Waals surface area contributed by atoms with Crippen molar-refractivity contribution in [3.8, 4) is 6.07 Å². The van der Waals surface area contributed by atoms with Crippen molar-refractivity contribution in [2.24, 2.45) is 0 Å². The molecule has 6 nitrogen and oxygen atoms in total. The molecule has 0 saturated heterocycles. The second kappa shape index (κ2) is 9.89. The van der Waals surface area contributed by atoms with Gasteiger partial charge in [0.05, 0.1) is 11.6 Å². The van der Waals surface area contributed by atoms with E-state index in [1.54, 1.807) is 42.5 Å². The lowest BCUT2D eigenvalue weighted by Crippen LogP contribution is -2.33. The first-order chi connectivity index (χ1) is 14.5. The molecule has 2 amide bonds. The Morgan fingerprint density at radius 1 is 0.933 bits per heavy atom. The van der Waals surface area contributed by atoms with E-state index in [-0.39, 0.29) is 11.8 Å². The molecule has 3 N–H and O–H groups in total. The van der Waals surface area contributed by atoms with Crippen LogP contribution in [0.2, 0.25) is 0 Å². The molecule has 0 fully saturated rings. The van der Waals surface area contributed by atoms with E-state index in [4.69, 9.17) is 5.26 Å². The molecule has 6 heteroatoms. The summed E-state index contributed by atoms with van der Waals surface area (Å²) in [4.78, 5) is 24.5. The van der Waals surface area contributed by atoms with Gasteiger partial charge in [-0.05, 0) is 47.5 Å². The Morgan fingerprint density at radius 3 is 2.33 bits per heavy atom. The molecule has 0 aliphatic carbocycles. The normalized spacial score (nSPS) is 11.1. The molecule has 150 valence electrons. The lowest BCUT2D eigenvalue weighted by atomic mass is 10.0. The third-order valence-corrected chi connectivity index (χ3v) is 4.44.